The third-order valence-electron chi connectivity index (χ3n) is 4.89. The molecule has 29 heavy (non-hydrogen) atoms. The zero-order chi connectivity index (χ0) is 20.6. The Morgan fingerprint density at radius 3 is 1.66 bits per heavy atom. The van der Waals surface area contributed by atoms with Crippen molar-refractivity contribution in [3.8, 4) is 0 Å². The van der Waals surface area contributed by atoms with E-state index in [0.717, 1.165) is 16.7 Å². The van der Waals surface area contributed by atoms with Gasteiger partial charge in [-0.2, -0.15) is 0 Å². The maximum Gasteiger partial charge on any atom is 0.488 e. The van der Waals surface area contributed by atoms with E-state index in [-0.39, 0.29) is 0 Å². The van der Waals surface area contributed by atoms with Crippen LogP contribution in [0.2, 0.25) is 0 Å². The molecule has 0 unspecified atom stereocenters. The highest BCUT2D eigenvalue weighted by Crippen LogP contribution is 2.17. The Hall–Kier alpha value is -2.93. The minimum atomic E-state index is -1.54. The Morgan fingerprint density at radius 2 is 1.24 bits per heavy atom. The summed E-state index contributed by atoms with van der Waals surface area (Å²) in [5.41, 5.74) is 3.31. The van der Waals surface area contributed by atoms with E-state index in [1.165, 1.54) is 0 Å². The zero-order valence-corrected chi connectivity index (χ0v) is 16.1. The predicted octanol–water partition coefficient (Wildman–Crippen LogP) is 2.06. The van der Waals surface area contributed by atoms with Gasteiger partial charge in [-0.25, -0.2) is 0 Å². The molecule has 0 aliphatic rings. The molecule has 5 nitrogen and oxygen atoms in total. The van der Waals surface area contributed by atoms with Gasteiger partial charge in [0, 0.05) is 13.1 Å². The van der Waals surface area contributed by atoms with Gasteiger partial charge in [0.1, 0.15) is 6.04 Å². The maximum absolute atomic E-state index is 12.2. The average Bonchev–Trinajstić information content (AvgIpc) is 2.73. The molecule has 0 aliphatic carbocycles. The van der Waals surface area contributed by atoms with Crippen LogP contribution < -0.4 is 5.46 Å². The molecule has 3 aromatic rings. The van der Waals surface area contributed by atoms with Crippen LogP contribution in [0.4, 0.5) is 0 Å². The lowest BCUT2D eigenvalue weighted by Gasteiger charge is -2.29. The minimum absolute atomic E-state index is 0.316. The van der Waals surface area contributed by atoms with E-state index < -0.39 is 19.1 Å². The van der Waals surface area contributed by atoms with Crippen molar-refractivity contribution in [1.29, 1.82) is 0 Å². The number of carboxylic acid groups (broad SMARTS) is 1. The highest BCUT2D eigenvalue weighted by Gasteiger charge is 2.26. The summed E-state index contributed by atoms with van der Waals surface area (Å²) < 4.78 is 0. The summed E-state index contributed by atoms with van der Waals surface area (Å²) in [5.74, 6) is -0.886. The molecule has 3 N–H and O–H groups in total. The fraction of sp³-hybridized carbons (Fsp3) is 0.174. The van der Waals surface area contributed by atoms with Gasteiger partial charge in [-0.1, -0.05) is 84.9 Å². The van der Waals surface area contributed by atoms with Crippen LogP contribution in [0.1, 0.15) is 16.7 Å². The Kier molecular flexibility index (Phi) is 7.19. The molecule has 0 radical (unpaired) electrons. The van der Waals surface area contributed by atoms with Crippen LogP contribution in [-0.4, -0.2) is 39.2 Å². The first-order valence-corrected chi connectivity index (χ1v) is 9.52. The lowest BCUT2D eigenvalue weighted by atomic mass is 9.80. The molecule has 6 heteroatoms. The molecule has 0 fully saturated rings. The largest absolute Gasteiger partial charge is 0.488 e. The van der Waals surface area contributed by atoms with Crippen molar-refractivity contribution in [2.45, 2.75) is 25.6 Å². The van der Waals surface area contributed by atoms with Crippen molar-refractivity contribution in [1.82, 2.24) is 4.90 Å². The molecule has 3 rings (SSSR count). The number of hydrogen-bond donors (Lipinski definition) is 3. The first kappa shape index (κ1) is 20.8. The molecule has 3 aromatic carbocycles. The van der Waals surface area contributed by atoms with Gasteiger partial charge in [-0.3, -0.25) is 9.69 Å². The SMILES string of the molecule is O=C(O)[C@H](Cc1ccc(B(O)O)cc1)N(Cc1ccccc1)Cc1ccccc1. The summed E-state index contributed by atoms with van der Waals surface area (Å²) in [6, 6.07) is 25.6. The number of carboxylic acids is 1. The van der Waals surface area contributed by atoms with E-state index in [1.54, 1.807) is 24.3 Å². The van der Waals surface area contributed by atoms with Crippen molar-refractivity contribution < 1.29 is 19.9 Å². The Bertz CT molecular complexity index is 860. The van der Waals surface area contributed by atoms with Crippen molar-refractivity contribution in [3.63, 3.8) is 0 Å². The van der Waals surface area contributed by atoms with Crippen LogP contribution in [0, 0.1) is 0 Å². The highest BCUT2D eigenvalue weighted by molar-refractivity contribution is 6.58. The molecule has 0 saturated heterocycles. The lowest BCUT2D eigenvalue weighted by Crippen LogP contribution is -2.42. The molecule has 0 aromatic heterocycles. The van der Waals surface area contributed by atoms with E-state index >= 15 is 0 Å². The van der Waals surface area contributed by atoms with Crippen LogP contribution in [0.3, 0.4) is 0 Å². The molecular weight excluding hydrogens is 365 g/mol. The first-order valence-electron chi connectivity index (χ1n) is 9.52. The molecule has 0 aliphatic heterocycles. The van der Waals surface area contributed by atoms with Gasteiger partial charge in [0.25, 0.3) is 0 Å². The van der Waals surface area contributed by atoms with Crippen molar-refractivity contribution in [2.24, 2.45) is 0 Å². The first-order chi connectivity index (χ1) is 14.0. The van der Waals surface area contributed by atoms with Crippen LogP contribution >= 0.6 is 0 Å². The van der Waals surface area contributed by atoms with Crippen LogP contribution in [0.15, 0.2) is 84.9 Å². The Balaban J connectivity index is 1.85. The maximum atomic E-state index is 12.2. The van der Waals surface area contributed by atoms with Crippen LogP contribution in [-0.2, 0) is 24.3 Å². The fourth-order valence-electron chi connectivity index (χ4n) is 3.33. The summed E-state index contributed by atoms with van der Waals surface area (Å²) >= 11 is 0. The smallest absolute Gasteiger partial charge is 0.480 e. The average molecular weight is 389 g/mol. The van der Waals surface area contributed by atoms with Crippen LogP contribution in [0.5, 0.6) is 0 Å². The van der Waals surface area contributed by atoms with E-state index in [1.807, 2.05) is 65.6 Å². The third-order valence-corrected chi connectivity index (χ3v) is 4.89. The Labute approximate surface area is 171 Å². The molecule has 148 valence electrons. The van der Waals surface area contributed by atoms with Crippen molar-refractivity contribution in [2.75, 3.05) is 0 Å². The van der Waals surface area contributed by atoms with Gasteiger partial charge >= 0.3 is 13.1 Å². The molecule has 0 saturated carbocycles. The fourth-order valence-corrected chi connectivity index (χ4v) is 3.33. The zero-order valence-electron chi connectivity index (χ0n) is 16.1. The van der Waals surface area contributed by atoms with Gasteiger partial charge in [-0.05, 0) is 28.6 Å². The lowest BCUT2D eigenvalue weighted by molar-refractivity contribution is -0.143. The summed E-state index contributed by atoms with van der Waals surface area (Å²) in [6.07, 6.45) is 0.316. The molecule has 0 spiro atoms. The molecule has 0 heterocycles. The highest BCUT2D eigenvalue weighted by atomic mass is 16.4. The second-order valence-corrected chi connectivity index (χ2v) is 7.05. The van der Waals surface area contributed by atoms with E-state index in [0.29, 0.717) is 25.0 Å². The van der Waals surface area contributed by atoms with E-state index in [4.69, 9.17) is 0 Å². The Morgan fingerprint density at radius 1 is 0.759 bits per heavy atom. The second kappa shape index (κ2) is 10.0. The summed E-state index contributed by atoms with van der Waals surface area (Å²) in [5, 5.41) is 28.5. The standard InChI is InChI=1S/C23H24BNO4/c26-23(27)22(15-18-11-13-21(14-12-18)24(28)29)25(16-19-7-3-1-4-8-19)17-20-9-5-2-6-10-20/h1-14,22,28-29H,15-17H2,(H,26,27)/t22-/m0/s1. The predicted molar refractivity (Wildman–Crippen MR) is 114 cm³/mol. The van der Waals surface area contributed by atoms with Crippen molar-refractivity contribution in [3.05, 3.63) is 102 Å². The van der Waals surface area contributed by atoms with Gasteiger partial charge in [0.2, 0.25) is 0 Å². The minimum Gasteiger partial charge on any atom is -0.480 e. The normalized spacial score (nSPS) is 12.0. The molecule has 1 atom stereocenters. The number of benzene rings is 3. The van der Waals surface area contributed by atoms with Crippen molar-refractivity contribution >= 4 is 18.6 Å². The molecule has 0 amide bonds. The van der Waals surface area contributed by atoms with E-state index in [9.17, 15) is 19.9 Å². The number of carbonyl (C=O) groups is 1. The number of hydrogen-bond acceptors (Lipinski definition) is 4. The third kappa shape index (κ3) is 6.02. The number of rotatable bonds is 9. The van der Waals surface area contributed by atoms with Crippen LogP contribution in [0.25, 0.3) is 0 Å². The molecular formula is C23H24BNO4. The van der Waals surface area contributed by atoms with Gasteiger partial charge in [0.15, 0.2) is 0 Å². The monoisotopic (exact) mass is 389 g/mol. The number of nitrogens with zero attached hydrogens (tertiary/aromatic N) is 1. The number of aliphatic carboxylic acids is 1. The quantitative estimate of drug-likeness (QED) is 0.489. The topological polar surface area (TPSA) is 81.0 Å². The van der Waals surface area contributed by atoms with Gasteiger partial charge in [0.05, 0.1) is 0 Å². The van der Waals surface area contributed by atoms with E-state index in [2.05, 4.69) is 0 Å². The van der Waals surface area contributed by atoms with Gasteiger partial charge < -0.3 is 15.2 Å². The second-order valence-electron chi connectivity index (χ2n) is 7.05. The summed E-state index contributed by atoms with van der Waals surface area (Å²) in [4.78, 5) is 14.1. The summed E-state index contributed by atoms with van der Waals surface area (Å²) in [7, 11) is -1.54. The molecule has 0 bridgehead atoms. The summed E-state index contributed by atoms with van der Waals surface area (Å²) in [6.45, 7) is 1.03. The van der Waals surface area contributed by atoms with Gasteiger partial charge in [-0.15, -0.1) is 0 Å².